The predicted octanol–water partition coefficient (Wildman–Crippen LogP) is 3.01. The third-order valence-electron chi connectivity index (χ3n) is 3.17. The van der Waals surface area contributed by atoms with Crippen LogP contribution < -0.4 is 4.74 Å². The fraction of sp³-hybridized carbons (Fsp3) is 0.0625. The summed E-state index contributed by atoms with van der Waals surface area (Å²) in [6.07, 6.45) is 1.54. The Morgan fingerprint density at radius 3 is 2.95 bits per heavy atom. The van der Waals surface area contributed by atoms with Crippen molar-refractivity contribution < 1.29 is 14.3 Å². The van der Waals surface area contributed by atoms with Crippen molar-refractivity contribution >= 4 is 16.9 Å². The van der Waals surface area contributed by atoms with Crippen molar-refractivity contribution in [3.63, 3.8) is 0 Å². The molecule has 3 rings (SSSR count). The Bertz CT molecular complexity index is 893. The number of esters is 1. The van der Waals surface area contributed by atoms with E-state index in [1.54, 1.807) is 42.6 Å². The van der Waals surface area contributed by atoms with Gasteiger partial charge in [-0.15, -0.1) is 0 Å². The van der Waals surface area contributed by atoms with E-state index in [9.17, 15) is 4.79 Å². The molecule has 0 aliphatic heterocycles. The summed E-state index contributed by atoms with van der Waals surface area (Å²) in [5.41, 5.74) is 1.47. The summed E-state index contributed by atoms with van der Waals surface area (Å²) in [6.45, 7) is 0. The highest BCUT2D eigenvalue weighted by Gasteiger charge is 2.19. The van der Waals surface area contributed by atoms with E-state index in [4.69, 9.17) is 14.7 Å². The maximum Gasteiger partial charge on any atom is 0.342 e. The summed E-state index contributed by atoms with van der Waals surface area (Å²) >= 11 is 0. The Morgan fingerprint density at radius 1 is 1.32 bits per heavy atom. The number of benzene rings is 2. The molecule has 2 aromatic carbocycles. The molecule has 1 N–H and O–H groups in total. The second-order valence-corrected chi connectivity index (χ2v) is 4.50. The van der Waals surface area contributed by atoms with Gasteiger partial charge in [0.1, 0.15) is 17.1 Å². The normalized spacial score (nSPS) is 10.2. The van der Waals surface area contributed by atoms with Gasteiger partial charge in [-0.2, -0.15) is 10.4 Å². The van der Waals surface area contributed by atoms with Crippen molar-refractivity contribution in [1.82, 2.24) is 10.2 Å². The second-order valence-electron chi connectivity index (χ2n) is 4.50. The highest BCUT2D eigenvalue weighted by molar-refractivity contribution is 6.06. The van der Waals surface area contributed by atoms with Gasteiger partial charge in [-0.1, -0.05) is 6.07 Å². The van der Waals surface area contributed by atoms with Crippen molar-refractivity contribution in [2.45, 2.75) is 0 Å². The van der Waals surface area contributed by atoms with Gasteiger partial charge < -0.3 is 9.47 Å². The molecule has 3 aromatic rings. The first-order chi connectivity index (χ1) is 10.7. The first-order valence-electron chi connectivity index (χ1n) is 6.45. The molecule has 0 aliphatic carbocycles. The lowest BCUT2D eigenvalue weighted by Crippen LogP contribution is -2.04. The summed E-state index contributed by atoms with van der Waals surface area (Å²) in [7, 11) is 1.31. The number of hydrogen-bond donors (Lipinski definition) is 1. The number of methoxy groups -OCH3 is 1. The highest BCUT2D eigenvalue weighted by atomic mass is 16.5. The van der Waals surface area contributed by atoms with Crippen LogP contribution in [-0.2, 0) is 4.74 Å². The van der Waals surface area contributed by atoms with Gasteiger partial charge in [-0.05, 0) is 30.3 Å². The molecule has 6 heteroatoms. The van der Waals surface area contributed by atoms with Gasteiger partial charge in [-0.25, -0.2) is 4.79 Å². The molecule has 0 bridgehead atoms. The van der Waals surface area contributed by atoms with Crippen LogP contribution in [-0.4, -0.2) is 23.3 Å². The Balaban J connectivity index is 2.10. The summed E-state index contributed by atoms with van der Waals surface area (Å²) < 4.78 is 10.6. The average Bonchev–Trinajstić information content (AvgIpc) is 3.02. The standard InChI is InChI=1S/C16H11N3O3/c1-21-16(20)15-12-9-18-19-13(12)5-6-14(15)22-11-4-2-3-10(7-11)8-17/h2-7,9H,1H3,(H,18,19). The maximum absolute atomic E-state index is 12.1. The molecule has 0 saturated heterocycles. The van der Waals surface area contributed by atoms with Crippen LogP contribution in [0.15, 0.2) is 42.6 Å². The summed E-state index contributed by atoms with van der Waals surface area (Å²) in [5, 5.41) is 16.3. The molecule has 6 nitrogen and oxygen atoms in total. The van der Waals surface area contributed by atoms with Gasteiger partial charge in [0.2, 0.25) is 0 Å². The number of rotatable bonds is 3. The zero-order valence-corrected chi connectivity index (χ0v) is 11.7. The molecule has 0 aliphatic rings. The number of carbonyl (C=O) groups excluding carboxylic acids is 1. The third-order valence-corrected chi connectivity index (χ3v) is 3.17. The van der Waals surface area contributed by atoms with Crippen LogP contribution >= 0.6 is 0 Å². The number of H-pyrrole nitrogens is 1. The first kappa shape index (κ1) is 13.6. The minimum Gasteiger partial charge on any atom is -0.465 e. The summed E-state index contributed by atoms with van der Waals surface area (Å²) in [5.74, 6) is 0.293. The van der Waals surface area contributed by atoms with E-state index in [0.29, 0.717) is 28.0 Å². The molecule has 0 saturated carbocycles. The van der Waals surface area contributed by atoms with Crippen LogP contribution in [0.5, 0.6) is 11.5 Å². The maximum atomic E-state index is 12.1. The van der Waals surface area contributed by atoms with Crippen LogP contribution in [0.25, 0.3) is 10.9 Å². The van der Waals surface area contributed by atoms with E-state index in [-0.39, 0.29) is 5.56 Å². The van der Waals surface area contributed by atoms with Crippen molar-refractivity contribution in [3.8, 4) is 17.6 Å². The molecule has 1 heterocycles. The van der Waals surface area contributed by atoms with Crippen LogP contribution in [0, 0.1) is 11.3 Å². The van der Waals surface area contributed by atoms with Crippen LogP contribution in [0.4, 0.5) is 0 Å². The molecule has 1 aromatic heterocycles. The molecular weight excluding hydrogens is 282 g/mol. The van der Waals surface area contributed by atoms with E-state index >= 15 is 0 Å². The smallest absolute Gasteiger partial charge is 0.342 e. The molecular formula is C16H11N3O3. The number of hydrogen-bond acceptors (Lipinski definition) is 5. The van der Waals surface area contributed by atoms with Crippen LogP contribution in [0.1, 0.15) is 15.9 Å². The lowest BCUT2D eigenvalue weighted by atomic mass is 10.1. The fourth-order valence-corrected chi connectivity index (χ4v) is 2.15. The number of nitriles is 1. The summed E-state index contributed by atoms with van der Waals surface area (Å²) in [4.78, 5) is 12.1. The zero-order chi connectivity index (χ0) is 15.5. The number of nitrogens with one attached hydrogen (secondary N) is 1. The fourth-order valence-electron chi connectivity index (χ4n) is 2.15. The first-order valence-corrected chi connectivity index (χ1v) is 6.45. The number of ether oxygens (including phenoxy) is 2. The van der Waals surface area contributed by atoms with Crippen LogP contribution in [0.2, 0.25) is 0 Å². The quantitative estimate of drug-likeness (QED) is 0.750. The van der Waals surface area contributed by atoms with E-state index in [0.717, 1.165) is 0 Å². The number of nitrogens with zero attached hydrogens (tertiary/aromatic N) is 2. The van der Waals surface area contributed by atoms with Gasteiger partial charge in [0.15, 0.2) is 0 Å². The minimum absolute atomic E-state index is 0.288. The van der Waals surface area contributed by atoms with Crippen LogP contribution in [0.3, 0.4) is 0 Å². The van der Waals surface area contributed by atoms with Gasteiger partial charge in [0, 0.05) is 5.39 Å². The molecule has 0 unspecified atom stereocenters. The average molecular weight is 293 g/mol. The molecule has 0 amide bonds. The minimum atomic E-state index is -0.515. The molecule has 22 heavy (non-hydrogen) atoms. The van der Waals surface area contributed by atoms with Gasteiger partial charge >= 0.3 is 5.97 Å². The molecule has 0 spiro atoms. The zero-order valence-electron chi connectivity index (χ0n) is 11.7. The van der Waals surface area contributed by atoms with E-state index in [1.807, 2.05) is 6.07 Å². The molecule has 108 valence electrons. The molecule has 0 radical (unpaired) electrons. The Labute approximate surface area is 125 Å². The van der Waals surface area contributed by atoms with Crippen molar-refractivity contribution in [2.24, 2.45) is 0 Å². The molecule has 0 atom stereocenters. The van der Waals surface area contributed by atoms with E-state index in [2.05, 4.69) is 10.2 Å². The van der Waals surface area contributed by atoms with Crippen molar-refractivity contribution in [3.05, 3.63) is 53.7 Å². The monoisotopic (exact) mass is 293 g/mol. The number of fused-ring (bicyclic) bond motifs is 1. The SMILES string of the molecule is COC(=O)c1c(Oc2cccc(C#N)c2)ccc2[nH]ncc12. The van der Waals surface area contributed by atoms with Gasteiger partial charge in [-0.3, -0.25) is 5.10 Å². The van der Waals surface area contributed by atoms with Crippen molar-refractivity contribution in [1.29, 1.82) is 5.26 Å². The number of carbonyl (C=O) groups is 1. The number of aromatic nitrogens is 2. The highest BCUT2D eigenvalue weighted by Crippen LogP contribution is 2.31. The molecule has 0 fully saturated rings. The van der Waals surface area contributed by atoms with E-state index < -0.39 is 5.97 Å². The predicted molar refractivity (Wildman–Crippen MR) is 78.7 cm³/mol. The van der Waals surface area contributed by atoms with Gasteiger partial charge in [0.05, 0.1) is 30.5 Å². The lowest BCUT2D eigenvalue weighted by Gasteiger charge is -2.11. The Hall–Kier alpha value is -3.33. The lowest BCUT2D eigenvalue weighted by molar-refractivity contribution is 0.0600. The number of aromatic amines is 1. The topological polar surface area (TPSA) is 88.0 Å². The Kier molecular flexibility index (Phi) is 3.46. The largest absolute Gasteiger partial charge is 0.465 e. The van der Waals surface area contributed by atoms with Gasteiger partial charge in [0.25, 0.3) is 0 Å². The Morgan fingerprint density at radius 2 is 2.18 bits per heavy atom. The van der Waals surface area contributed by atoms with Crippen molar-refractivity contribution in [2.75, 3.05) is 7.11 Å². The third kappa shape index (κ3) is 2.36. The summed E-state index contributed by atoms with van der Waals surface area (Å²) in [6, 6.07) is 12.2. The van der Waals surface area contributed by atoms with E-state index in [1.165, 1.54) is 7.11 Å². The second kappa shape index (κ2) is 5.58.